The van der Waals surface area contributed by atoms with E-state index in [4.69, 9.17) is 9.84 Å². The minimum atomic E-state index is -0.208. The third kappa shape index (κ3) is 3.95. The summed E-state index contributed by atoms with van der Waals surface area (Å²) in [5, 5.41) is 14.9. The molecular weight excluding hydrogens is 256 g/mol. The van der Waals surface area contributed by atoms with E-state index >= 15 is 0 Å². The summed E-state index contributed by atoms with van der Waals surface area (Å²) >= 11 is 0. The Morgan fingerprint density at radius 3 is 2.65 bits per heavy atom. The molecule has 0 bridgehead atoms. The summed E-state index contributed by atoms with van der Waals surface area (Å²) < 4.78 is 5.15. The smallest absolute Gasteiger partial charge is 0.315 e. The highest BCUT2D eigenvalue weighted by Gasteiger charge is 2.33. The quantitative estimate of drug-likeness (QED) is 0.737. The van der Waals surface area contributed by atoms with Gasteiger partial charge in [-0.05, 0) is 12.0 Å². The van der Waals surface area contributed by atoms with Crippen molar-refractivity contribution < 1.29 is 14.6 Å². The second kappa shape index (κ2) is 6.72. The predicted octanol–water partition coefficient (Wildman–Crippen LogP) is 1.45. The van der Waals surface area contributed by atoms with Gasteiger partial charge in [0.1, 0.15) is 0 Å². The summed E-state index contributed by atoms with van der Waals surface area (Å²) in [6.45, 7) is 4.09. The van der Waals surface area contributed by atoms with Gasteiger partial charge in [0.05, 0.1) is 19.3 Å². The van der Waals surface area contributed by atoms with E-state index in [-0.39, 0.29) is 24.1 Å². The van der Waals surface area contributed by atoms with Crippen molar-refractivity contribution in [3.05, 3.63) is 35.9 Å². The number of aliphatic hydroxyl groups excluding tert-OH is 1. The Morgan fingerprint density at radius 2 is 2.10 bits per heavy atom. The lowest BCUT2D eigenvalue weighted by atomic mass is 9.89. The molecule has 2 rings (SSSR count). The Bertz CT molecular complexity index is 432. The maximum Gasteiger partial charge on any atom is 0.315 e. The number of nitrogens with one attached hydrogen (secondary N) is 2. The van der Waals surface area contributed by atoms with Crippen molar-refractivity contribution >= 4 is 6.03 Å². The maximum absolute atomic E-state index is 11.9. The van der Waals surface area contributed by atoms with Crippen LogP contribution in [0.4, 0.5) is 4.79 Å². The van der Waals surface area contributed by atoms with Gasteiger partial charge >= 0.3 is 6.03 Å². The van der Waals surface area contributed by atoms with E-state index < -0.39 is 0 Å². The van der Waals surface area contributed by atoms with E-state index in [0.717, 1.165) is 5.56 Å². The Morgan fingerprint density at radius 1 is 1.40 bits per heavy atom. The summed E-state index contributed by atoms with van der Waals surface area (Å²) in [5.41, 5.74) is 1.05. The van der Waals surface area contributed by atoms with Gasteiger partial charge < -0.3 is 20.5 Å². The van der Waals surface area contributed by atoms with Crippen molar-refractivity contribution in [1.82, 2.24) is 10.6 Å². The molecule has 0 aliphatic carbocycles. The fraction of sp³-hybridized carbons (Fsp3) is 0.533. The normalized spacial score (nSPS) is 17.9. The minimum Gasteiger partial charge on any atom is -0.396 e. The second-order valence-corrected chi connectivity index (χ2v) is 5.61. The first-order chi connectivity index (χ1) is 9.63. The van der Waals surface area contributed by atoms with Crippen molar-refractivity contribution in [3.8, 4) is 0 Å². The third-order valence-electron chi connectivity index (χ3n) is 3.50. The molecule has 0 saturated carbocycles. The van der Waals surface area contributed by atoms with E-state index in [1.165, 1.54) is 0 Å². The molecule has 0 spiro atoms. The first-order valence-electron chi connectivity index (χ1n) is 6.91. The molecule has 5 nitrogen and oxygen atoms in total. The van der Waals surface area contributed by atoms with Gasteiger partial charge in [-0.15, -0.1) is 0 Å². The molecule has 1 aliphatic rings. The van der Waals surface area contributed by atoms with E-state index in [0.29, 0.717) is 26.2 Å². The van der Waals surface area contributed by atoms with Crippen molar-refractivity contribution in [2.75, 3.05) is 26.4 Å². The molecular formula is C15H22N2O3. The van der Waals surface area contributed by atoms with Crippen molar-refractivity contribution in [3.63, 3.8) is 0 Å². The van der Waals surface area contributed by atoms with E-state index in [2.05, 4.69) is 17.6 Å². The molecule has 20 heavy (non-hydrogen) atoms. The van der Waals surface area contributed by atoms with Gasteiger partial charge in [0.15, 0.2) is 0 Å². The molecule has 0 unspecified atom stereocenters. The Hall–Kier alpha value is -1.59. The fourth-order valence-corrected chi connectivity index (χ4v) is 2.19. The zero-order chi connectivity index (χ0) is 14.4. The summed E-state index contributed by atoms with van der Waals surface area (Å²) in [4.78, 5) is 11.9. The lowest BCUT2D eigenvalue weighted by Gasteiger charge is -2.38. The van der Waals surface area contributed by atoms with Crippen LogP contribution < -0.4 is 10.6 Å². The number of urea groups is 1. The lowest BCUT2D eigenvalue weighted by Crippen LogP contribution is -2.50. The van der Waals surface area contributed by atoms with Crippen molar-refractivity contribution in [2.24, 2.45) is 5.41 Å². The standard InChI is InChI=1S/C15H22N2O3/c1-15(10-20-11-15)9-16-14(19)17-13(7-8-18)12-5-3-2-4-6-12/h2-6,13,18H,7-11H2,1H3,(H2,16,17,19)/t13-/m1/s1. The molecule has 0 aromatic heterocycles. The molecule has 3 N–H and O–H groups in total. The predicted molar refractivity (Wildman–Crippen MR) is 76.3 cm³/mol. The molecule has 1 atom stereocenters. The van der Waals surface area contributed by atoms with Crippen LogP contribution in [0.15, 0.2) is 30.3 Å². The average molecular weight is 278 g/mol. The van der Waals surface area contributed by atoms with Crippen LogP contribution in [0.25, 0.3) is 0 Å². The Labute approximate surface area is 119 Å². The molecule has 5 heteroatoms. The van der Waals surface area contributed by atoms with E-state index in [9.17, 15) is 4.79 Å². The molecule has 1 aromatic carbocycles. The van der Waals surface area contributed by atoms with E-state index in [1.54, 1.807) is 0 Å². The number of ether oxygens (including phenoxy) is 1. The van der Waals surface area contributed by atoms with Crippen molar-refractivity contribution in [1.29, 1.82) is 0 Å². The Kier molecular flexibility index (Phi) is 4.98. The zero-order valence-electron chi connectivity index (χ0n) is 11.8. The fourth-order valence-electron chi connectivity index (χ4n) is 2.19. The van der Waals surface area contributed by atoms with E-state index in [1.807, 2.05) is 30.3 Å². The van der Waals surface area contributed by atoms with Crippen molar-refractivity contribution in [2.45, 2.75) is 19.4 Å². The lowest BCUT2D eigenvalue weighted by molar-refractivity contribution is -0.0975. The van der Waals surface area contributed by atoms with Crippen LogP contribution in [0.2, 0.25) is 0 Å². The van der Waals surface area contributed by atoms with Crippen LogP contribution in [-0.2, 0) is 4.74 Å². The van der Waals surface area contributed by atoms with Crippen LogP contribution in [0.5, 0.6) is 0 Å². The van der Waals surface area contributed by atoms with Crippen LogP contribution in [0.1, 0.15) is 24.9 Å². The van der Waals surface area contributed by atoms with Crippen LogP contribution >= 0.6 is 0 Å². The summed E-state index contributed by atoms with van der Waals surface area (Å²) in [5.74, 6) is 0. The third-order valence-corrected chi connectivity index (χ3v) is 3.50. The first kappa shape index (κ1) is 14.8. The molecule has 1 fully saturated rings. The largest absolute Gasteiger partial charge is 0.396 e. The zero-order valence-corrected chi connectivity index (χ0v) is 11.8. The van der Waals surface area contributed by atoms with Gasteiger partial charge in [0, 0.05) is 18.6 Å². The number of carbonyl (C=O) groups is 1. The number of rotatable bonds is 6. The molecule has 1 aromatic rings. The van der Waals surface area contributed by atoms with Crippen LogP contribution in [0.3, 0.4) is 0 Å². The number of amides is 2. The molecule has 1 aliphatic heterocycles. The molecule has 1 saturated heterocycles. The number of carbonyl (C=O) groups excluding carboxylic acids is 1. The van der Waals surface area contributed by atoms with Gasteiger partial charge in [0.2, 0.25) is 0 Å². The van der Waals surface area contributed by atoms with Gasteiger partial charge in [-0.1, -0.05) is 37.3 Å². The highest BCUT2D eigenvalue weighted by molar-refractivity contribution is 5.74. The molecule has 110 valence electrons. The average Bonchev–Trinajstić information content (AvgIpc) is 2.43. The molecule has 0 radical (unpaired) electrons. The van der Waals surface area contributed by atoms with Gasteiger partial charge in [-0.25, -0.2) is 4.79 Å². The highest BCUT2D eigenvalue weighted by atomic mass is 16.5. The number of hydrogen-bond donors (Lipinski definition) is 3. The number of hydrogen-bond acceptors (Lipinski definition) is 3. The van der Waals surface area contributed by atoms with Gasteiger partial charge in [-0.2, -0.15) is 0 Å². The number of benzene rings is 1. The maximum atomic E-state index is 11.9. The van der Waals surface area contributed by atoms with Crippen LogP contribution in [-0.4, -0.2) is 37.5 Å². The monoisotopic (exact) mass is 278 g/mol. The SMILES string of the molecule is CC1(CNC(=O)N[C@H](CCO)c2ccccc2)COC1. The highest BCUT2D eigenvalue weighted by Crippen LogP contribution is 2.25. The van der Waals surface area contributed by atoms with Crippen LogP contribution in [0, 0.1) is 5.41 Å². The van der Waals surface area contributed by atoms with Gasteiger partial charge in [-0.3, -0.25) is 0 Å². The Balaban J connectivity index is 1.86. The number of aliphatic hydroxyl groups is 1. The summed E-state index contributed by atoms with van der Waals surface area (Å²) in [6, 6.07) is 9.28. The molecule has 2 amide bonds. The summed E-state index contributed by atoms with van der Waals surface area (Å²) in [7, 11) is 0. The first-order valence-corrected chi connectivity index (χ1v) is 6.91. The van der Waals surface area contributed by atoms with Gasteiger partial charge in [0.25, 0.3) is 0 Å². The molecule has 1 heterocycles. The summed E-state index contributed by atoms with van der Waals surface area (Å²) in [6.07, 6.45) is 0.498. The second-order valence-electron chi connectivity index (χ2n) is 5.61. The topological polar surface area (TPSA) is 70.6 Å². The minimum absolute atomic E-state index is 0.0331.